The molecule has 0 radical (unpaired) electrons. The van der Waals surface area contributed by atoms with Crippen LogP contribution in [-0.4, -0.2) is 39.1 Å². The quantitative estimate of drug-likeness (QED) is 0.632. The van der Waals surface area contributed by atoms with Gasteiger partial charge in [-0.2, -0.15) is 0 Å². The third-order valence-electron chi connectivity index (χ3n) is 2.01. The summed E-state index contributed by atoms with van der Waals surface area (Å²) in [5.74, 6) is 0.949. The van der Waals surface area contributed by atoms with Crippen LogP contribution in [0.4, 0.5) is 0 Å². The fraction of sp³-hybridized carbons (Fsp3) is 0.100. The van der Waals surface area contributed by atoms with E-state index >= 15 is 0 Å². The number of benzene rings is 1. The standard InChI is InChI=1S/C10H9BrN2S.Na.H/c1-13-5-4-12-10(13)8-3-2-7(14)6-9(8)11;;/h2-6,14H,1H3;;. The number of rotatable bonds is 1. The zero-order valence-electron chi connectivity index (χ0n) is 7.61. The first-order valence-electron chi connectivity index (χ1n) is 4.14. The molecule has 0 aliphatic heterocycles. The Hall–Kier alpha value is 0.260. The van der Waals surface area contributed by atoms with E-state index in [9.17, 15) is 0 Å². The second-order valence-corrected chi connectivity index (χ2v) is 4.40. The molecule has 1 aromatic carbocycles. The molecular weight excluding hydrogens is 283 g/mol. The van der Waals surface area contributed by atoms with Gasteiger partial charge in [0.15, 0.2) is 0 Å². The van der Waals surface area contributed by atoms with E-state index < -0.39 is 0 Å². The summed E-state index contributed by atoms with van der Waals surface area (Å²) < 4.78 is 3.00. The minimum atomic E-state index is 0. The molecule has 2 aromatic rings. The fourth-order valence-corrected chi connectivity index (χ4v) is 2.25. The van der Waals surface area contributed by atoms with Crippen LogP contribution >= 0.6 is 28.6 Å². The monoisotopic (exact) mass is 292 g/mol. The molecule has 2 rings (SSSR count). The molecule has 0 amide bonds. The van der Waals surface area contributed by atoms with Crippen LogP contribution in [0, 0.1) is 0 Å². The Balaban J connectivity index is 0.00000112. The zero-order valence-corrected chi connectivity index (χ0v) is 10.1. The molecule has 0 saturated carbocycles. The van der Waals surface area contributed by atoms with Gasteiger partial charge in [-0.1, -0.05) is 0 Å². The average molecular weight is 293 g/mol. The van der Waals surface area contributed by atoms with Gasteiger partial charge in [-0.25, -0.2) is 4.98 Å². The zero-order chi connectivity index (χ0) is 10.1. The van der Waals surface area contributed by atoms with Crippen LogP contribution in [-0.2, 0) is 7.05 Å². The molecule has 15 heavy (non-hydrogen) atoms. The Labute approximate surface area is 125 Å². The van der Waals surface area contributed by atoms with Crippen molar-refractivity contribution in [1.82, 2.24) is 9.55 Å². The van der Waals surface area contributed by atoms with Gasteiger partial charge in [0.25, 0.3) is 0 Å². The molecule has 0 atom stereocenters. The van der Waals surface area contributed by atoms with E-state index in [1.54, 1.807) is 6.20 Å². The summed E-state index contributed by atoms with van der Waals surface area (Å²) in [4.78, 5) is 5.22. The first kappa shape index (κ1) is 13.3. The maximum absolute atomic E-state index is 4.28. The number of aryl methyl sites for hydroxylation is 1. The van der Waals surface area contributed by atoms with Crippen molar-refractivity contribution in [3.8, 4) is 11.4 Å². The van der Waals surface area contributed by atoms with Gasteiger partial charge in [-0.3, -0.25) is 0 Å². The van der Waals surface area contributed by atoms with Crippen molar-refractivity contribution in [3.63, 3.8) is 0 Å². The van der Waals surface area contributed by atoms with Crippen LogP contribution in [0.3, 0.4) is 0 Å². The Morgan fingerprint density at radius 1 is 1.40 bits per heavy atom. The topological polar surface area (TPSA) is 17.8 Å². The number of nitrogens with zero attached hydrogens (tertiary/aromatic N) is 2. The molecule has 1 aromatic heterocycles. The molecule has 0 bridgehead atoms. The molecular formula is C10H10BrN2NaS. The van der Waals surface area contributed by atoms with Gasteiger partial charge in [0.2, 0.25) is 0 Å². The number of hydrogen-bond donors (Lipinski definition) is 1. The summed E-state index contributed by atoms with van der Waals surface area (Å²) in [6, 6.07) is 5.93. The van der Waals surface area contributed by atoms with Crippen LogP contribution < -0.4 is 0 Å². The van der Waals surface area contributed by atoms with E-state index in [-0.39, 0.29) is 29.6 Å². The number of thiol groups is 1. The normalized spacial score (nSPS) is 9.80. The molecule has 74 valence electrons. The second kappa shape index (κ2) is 5.55. The van der Waals surface area contributed by atoms with Gasteiger partial charge in [0.05, 0.1) is 0 Å². The number of hydrogen-bond acceptors (Lipinski definition) is 2. The molecule has 0 spiro atoms. The van der Waals surface area contributed by atoms with Gasteiger partial charge >= 0.3 is 29.6 Å². The van der Waals surface area contributed by atoms with Crippen LogP contribution in [0.1, 0.15) is 0 Å². The first-order valence-corrected chi connectivity index (χ1v) is 5.38. The van der Waals surface area contributed by atoms with Gasteiger partial charge in [-0.05, 0) is 34.1 Å². The fourth-order valence-electron chi connectivity index (χ4n) is 1.31. The van der Waals surface area contributed by atoms with Gasteiger partial charge in [0, 0.05) is 34.4 Å². The van der Waals surface area contributed by atoms with Gasteiger partial charge in [0.1, 0.15) is 5.82 Å². The molecule has 0 fully saturated rings. The third kappa shape index (κ3) is 2.88. The average Bonchev–Trinajstić information content (AvgIpc) is 2.52. The van der Waals surface area contributed by atoms with Crippen molar-refractivity contribution in [1.29, 1.82) is 0 Å². The predicted octanol–water partition coefficient (Wildman–Crippen LogP) is 2.49. The summed E-state index contributed by atoms with van der Waals surface area (Å²) in [6.45, 7) is 0. The van der Waals surface area contributed by atoms with E-state index in [1.807, 2.05) is 36.0 Å². The van der Waals surface area contributed by atoms with E-state index in [2.05, 4.69) is 33.5 Å². The van der Waals surface area contributed by atoms with Crippen LogP contribution in [0.15, 0.2) is 40.0 Å². The molecule has 1 heterocycles. The molecule has 0 aliphatic carbocycles. The number of aromatic nitrogens is 2. The summed E-state index contributed by atoms with van der Waals surface area (Å²) in [7, 11) is 1.98. The summed E-state index contributed by atoms with van der Waals surface area (Å²) in [6.07, 6.45) is 3.72. The van der Waals surface area contributed by atoms with E-state index in [0.717, 1.165) is 20.8 Å². The Morgan fingerprint density at radius 2 is 2.13 bits per heavy atom. The van der Waals surface area contributed by atoms with Crippen LogP contribution in [0.25, 0.3) is 11.4 Å². The minimum absolute atomic E-state index is 0. The third-order valence-corrected chi connectivity index (χ3v) is 2.95. The summed E-state index contributed by atoms with van der Waals surface area (Å²) >= 11 is 7.77. The van der Waals surface area contributed by atoms with Crippen molar-refractivity contribution in [3.05, 3.63) is 35.1 Å². The van der Waals surface area contributed by atoms with E-state index in [4.69, 9.17) is 0 Å². The van der Waals surface area contributed by atoms with Crippen molar-refractivity contribution in [2.75, 3.05) is 0 Å². The van der Waals surface area contributed by atoms with Crippen molar-refractivity contribution in [2.45, 2.75) is 4.90 Å². The maximum atomic E-state index is 4.28. The van der Waals surface area contributed by atoms with Crippen molar-refractivity contribution in [2.24, 2.45) is 7.05 Å². The Kier molecular flexibility index (Phi) is 4.93. The SMILES string of the molecule is Cn1ccnc1-c1ccc(S)cc1Br.[NaH]. The van der Waals surface area contributed by atoms with Crippen LogP contribution in [0.2, 0.25) is 0 Å². The molecule has 0 unspecified atom stereocenters. The van der Waals surface area contributed by atoms with Gasteiger partial charge in [-0.15, -0.1) is 12.6 Å². The molecule has 2 nitrogen and oxygen atoms in total. The molecule has 0 N–H and O–H groups in total. The number of halogens is 1. The van der Waals surface area contributed by atoms with Crippen molar-refractivity contribution >= 4 is 58.1 Å². The number of imidazole rings is 1. The Morgan fingerprint density at radius 3 is 2.67 bits per heavy atom. The first-order chi connectivity index (χ1) is 6.68. The summed E-state index contributed by atoms with van der Waals surface area (Å²) in [5.41, 5.74) is 1.08. The molecule has 0 saturated heterocycles. The second-order valence-electron chi connectivity index (χ2n) is 3.03. The van der Waals surface area contributed by atoms with Gasteiger partial charge < -0.3 is 4.57 Å². The summed E-state index contributed by atoms with van der Waals surface area (Å²) in [5, 5.41) is 0. The van der Waals surface area contributed by atoms with Crippen molar-refractivity contribution < 1.29 is 0 Å². The van der Waals surface area contributed by atoms with E-state index in [0.29, 0.717) is 0 Å². The van der Waals surface area contributed by atoms with E-state index in [1.165, 1.54) is 0 Å². The Bertz CT molecular complexity index is 470. The van der Waals surface area contributed by atoms with Crippen LogP contribution in [0.5, 0.6) is 0 Å². The predicted molar refractivity (Wildman–Crippen MR) is 70.7 cm³/mol. The molecule has 0 aliphatic rings. The molecule has 5 heteroatoms.